The van der Waals surface area contributed by atoms with E-state index in [0.29, 0.717) is 17.9 Å². The molecule has 2 aromatic rings. The van der Waals surface area contributed by atoms with Crippen molar-refractivity contribution in [2.45, 2.75) is 20.3 Å². The molecule has 0 aliphatic heterocycles. The van der Waals surface area contributed by atoms with Crippen LogP contribution in [0.3, 0.4) is 0 Å². The minimum absolute atomic E-state index is 0.149. The predicted molar refractivity (Wildman–Crippen MR) is 92.5 cm³/mol. The first kappa shape index (κ1) is 17.5. The number of benzene rings is 2. The molecular weight excluding hydrogens is 306 g/mol. The Bertz CT molecular complexity index is 723. The summed E-state index contributed by atoms with van der Waals surface area (Å²) < 4.78 is 10.1. The Labute approximate surface area is 141 Å². The van der Waals surface area contributed by atoms with Crippen LogP contribution in [-0.2, 0) is 16.0 Å². The van der Waals surface area contributed by atoms with Crippen LogP contribution in [0.5, 0.6) is 5.75 Å². The summed E-state index contributed by atoms with van der Waals surface area (Å²) in [4.78, 5) is 24.0. The summed E-state index contributed by atoms with van der Waals surface area (Å²) in [6, 6.07) is 12.4. The fourth-order valence-electron chi connectivity index (χ4n) is 2.22. The van der Waals surface area contributed by atoms with Crippen LogP contribution in [-0.4, -0.2) is 25.6 Å². The zero-order valence-electron chi connectivity index (χ0n) is 14.1. The van der Waals surface area contributed by atoms with Gasteiger partial charge in [0.05, 0.1) is 25.7 Å². The number of nitrogens with one attached hydrogen (secondary N) is 1. The molecule has 2 aromatic carbocycles. The van der Waals surface area contributed by atoms with Crippen LogP contribution in [0.1, 0.15) is 28.4 Å². The van der Waals surface area contributed by atoms with E-state index in [-0.39, 0.29) is 12.3 Å². The van der Waals surface area contributed by atoms with E-state index in [1.165, 1.54) is 0 Å². The maximum Gasteiger partial charge on any atom is 0.338 e. The van der Waals surface area contributed by atoms with E-state index in [1.54, 1.807) is 32.2 Å². The molecule has 0 aromatic heterocycles. The first-order valence-corrected chi connectivity index (χ1v) is 7.74. The summed E-state index contributed by atoms with van der Waals surface area (Å²) >= 11 is 0. The van der Waals surface area contributed by atoms with Gasteiger partial charge < -0.3 is 14.8 Å². The third-order valence-corrected chi connectivity index (χ3v) is 3.55. The second kappa shape index (κ2) is 8.15. The van der Waals surface area contributed by atoms with E-state index in [4.69, 9.17) is 9.47 Å². The van der Waals surface area contributed by atoms with E-state index in [2.05, 4.69) is 5.32 Å². The molecule has 2 rings (SSSR count). The Morgan fingerprint density at radius 1 is 1.08 bits per heavy atom. The van der Waals surface area contributed by atoms with Gasteiger partial charge in [0.2, 0.25) is 5.91 Å². The van der Waals surface area contributed by atoms with Crippen molar-refractivity contribution in [3.8, 4) is 5.75 Å². The first-order valence-electron chi connectivity index (χ1n) is 7.74. The molecule has 24 heavy (non-hydrogen) atoms. The monoisotopic (exact) mass is 327 g/mol. The zero-order valence-corrected chi connectivity index (χ0v) is 14.1. The van der Waals surface area contributed by atoms with Crippen LogP contribution in [0.2, 0.25) is 0 Å². The Kier molecular flexibility index (Phi) is 5.95. The van der Waals surface area contributed by atoms with Crippen LogP contribution < -0.4 is 10.1 Å². The van der Waals surface area contributed by atoms with Crippen molar-refractivity contribution in [3.63, 3.8) is 0 Å². The van der Waals surface area contributed by atoms with Crippen LogP contribution >= 0.6 is 0 Å². The van der Waals surface area contributed by atoms with Gasteiger partial charge in [0.25, 0.3) is 0 Å². The lowest BCUT2D eigenvalue weighted by Crippen LogP contribution is -2.16. The number of amides is 1. The van der Waals surface area contributed by atoms with Crippen LogP contribution in [0.25, 0.3) is 0 Å². The number of hydrogen-bond donors (Lipinski definition) is 1. The van der Waals surface area contributed by atoms with Gasteiger partial charge in [-0.15, -0.1) is 0 Å². The van der Waals surface area contributed by atoms with Crippen molar-refractivity contribution >= 4 is 17.6 Å². The van der Waals surface area contributed by atoms with Crippen LogP contribution in [0, 0.1) is 6.92 Å². The molecular formula is C19H21NO4. The molecule has 0 fully saturated rings. The molecule has 0 saturated carbocycles. The standard InChI is InChI=1S/C19H21NO4/c1-4-24-19(22)15-8-5-13(2)17(12-15)20-18(21)11-14-6-9-16(23-3)10-7-14/h5-10,12H,4,11H2,1-3H3,(H,20,21). The van der Waals surface area contributed by atoms with Gasteiger partial charge in [-0.2, -0.15) is 0 Å². The summed E-state index contributed by atoms with van der Waals surface area (Å²) in [7, 11) is 1.60. The van der Waals surface area contributed by atoms with Crippen molar-refractivity contribution in [1.82, 2.24) is 0 Å². The number of esters is 1. The molecule has 5 nitrogen and oxygen atoms in total. The predicted octanol–water partition coefficient (Wildman–Crippen LogP) is 3.36. The highest BCUT2D eigenvalue weighted by Crippen LogP contribution is 2.18. The van der Waals surface area contributed by atoms with Crippen LogP contribution in [0.15, 0.2) is 42.5 Å². The lowest BCUT2D eigenvalue weighted by atomic mass is 10.1. The normalized spacial score (nSPS) is 10.1. The molecule has 0 heterocycles. The molecule has 0 radical (unpaired) electrons. The highest BCUT2D eigenvalue weighted by atomic mass is 16.5. The average Bonchev–Trinajstić information content (AvgIpc) is 2.57. The van der Waals surface area contributed by atoms with E-state index in [0.717, 1.165) is 16.9 Å². The number of hydrogen-bond acceptors (Lipinski definition) is 4. The molecule has 0 aliphatic carbocycles. The maximum atomic E-state index is 12.2. The summed E-state index contributed by atoms with van der Waals surface area (Å²) in [6.07, 6.45) is 0.243. The fraction of sp³-hybridized carbons (Fsp3) is 0.263. The second-order valence-corrected chi connectivity index (χ2v) is 5.32. The highest BCUT2D eigenvalue weighted by Gasteiger charge is 2.11. The molecule has 0 bridgehead atoms. The van der Waals surface area contributed by atoms with Crippen molar-refractivity contribution < 1.29 is 19.1 Å². The Hall–Kier alpha value is -2.82. The van der Waals surface area contributed by atoms with Gasteiger partial charge in [-0.05, 0) is 49.2 Å². The largest absolute Gasteiger partial charge is 0.497 e. The maximum absolute atomic E-state index is 12.2. The summed E-state index contributed by atoms with van der Waals surface area (Å²) in [5.41, 5.74) is 2.79. The van der Waals surface area contributed by atoms with Gasteiger partial charge in [-0.1, -0.05) is 18.2 Å². The van der Waals surface area contributed by atoms with Crippen molar-refractivity contribution in [2.24, 2.45) is 0 Å². The topological polar surface area (TPSA) is 64.6 Å². The Morgan fingerprint density at radius 3 is 2.42 bits per heavy atom. The average molecular weight is 327 g/mol. The number of rotatable bonds is 6. The summed E-state index contributed by atoms with van der Waals surface area (Å²) in [5.74, 6) is 0.199. The highest BCUT2D eigenvalue weighted by molar-refractivity contribution is 5.96. The van der Waals surface area contributed by atoms with Crippen molar-refractivity contribution in [2.75, 3.05) is 19.0 Å². The summed E-state index contributed by atoms with van der Waals surface area (Å²) in [6.45, 7) is 3.94. The molecule has 0 saturated heterocycles. The number of carbonyl (C=O) groups excluding carboxylic acids is 2. The second-order valence-electron chi connectivity index (χ2n) is 5.32. The van der Waals surface area contributed by atoms with Gasteiger partial charge in [0.1, 0.15) is 5.75 Å². The van der Waals surface area contributed by atoms with Crippen LogP contribution in [0.4, 0.5) is 5.69 Å². The van der Waals surface area contributed by atoms with Gasteiger partial charge in [-0.3, -0.25) is 4.79 Å². The number of carbonyl (C=O) groups is 2. The first-order chi connectivity index (χ1) is 11.5. The molecule has 1 N–H and O–H groups in total. The van der Waals surface area contributed by atoms with E-state index in [1.807, 2.05) is 31.2 Å². The zero-order chi connectivity index (χ0) is 17.5. The molecule has 1 amide bonds. The van der Waals surface area contributed by atoms with Gasteiger partial charge in [0, 0.05) is 5.69 Å². The number of anilines is 1. The lowest BCUT2D eigenvalue weighted by molar-refractivity contribution is -0.115. The smallest absolute Gasteiger partial charge is 0.338 e. The van der Waals surface area contributed by atoms with Gasteiger partial charge >= 0.3 is 5.97 Å². The number of aryl methyl sites for hydroxylation is 1. The number of methoxy groups -OCH3 is 1. The van der Waals surface area contributed by atoms with Crippen molar-refractivity contribution in [1.29, 1.82) is 0 Å². The Balaban J connectivity index is 2.07. The summed E-state index contributed by atoms with van der Waals surface area (Å²) in [5, 5.41) is 2.85. The third-order valence-electron chi connectivity index (χ3n) is 3.55. The van der Waals surface area contributed by atoms with Crippen molar-refractivity contribution in [3.05, 3.63) is 59.2 Å². The molecule has 0 aliphatic rings. The molecule has 0 unspecified atom stereocenters. The van der Waals surface area contributed by atoms with Gasteiger partial charge in [0.15, 0.2) is 0 Å². The third kappa shape index (κ3) is 4.59. The van der Waals surface area contributed by atoms with E-state index >= 15 is 0 Å². The number of ether oxygens (including phenoxy) is 2. The minimum Gasteiger partial charge on any atom is -0.497 e. The minimum atomic E-state index is -0.400. The lowest BCUT2D eigenvalue weighted by Gasteiger charge is -2.11. The van der Waals surface area contributed by atoms with E-state index < -0.39 is 5.97 Å². The van der Waals surface area contributed by atoms with Gasteiger partial charge in [-0.25, -0.2) is 4.79 Å². The Morgan fingerprint density at radius 2 is 1.79 bits per heavy atom. The quantitative estimate of drug-likeness (QED) is 0.826. The molecule has 5 heteroatoms. The molecule has 126 valence electrons. The SMILES string of the molecule is CCOC(=O)c1ccc(C)c(NC(=O)Cc2ccc(OC)cc2)c1. The molecule has 0 spiro atoms. The molecule has 0 atom stereocenters. The van der Waals surface area contributed by atoms with E-state index in [9.17, 15) is 9.59 Å². The fourth-order valence-corrected chi connectivity index (χ4v) is 2.22.